The second kappa shape index (κ2) is 13.2. The number of fused-ring (bicyclic) bond motifs is 6. The molecular formula is C49H29N5OS. The molecular weight excluding hydrogens is 707 g/mol. The van der Waals surface area contributed by atoms with Crippen molar-refractivity contribution in [3.8, 4) is 67.9 Å². The monoisotopic (exact) mass is 735 g/mol. The number of nitrogens with zero attached hydrogens (tertiary/aromatic N) is 5. The molecule has 0 aliphatic rings. The van der Waals surface area contributed by atoms with Crippen molar-refractivity contribution in [2.45, 2.75) is 0 Å². The van der Waals surface area contributed by atoms with Crippen LogP contribution in [0.1, 0.15) is 0 Å². The van der Waals surface area contributed by atoms with Gasteiger partial charge in [-0.1, -0.05) is 146 Å². The summed E-state index contributed by atoms with van der Waals surface area (Å²) in [7, 11) is 0. The Kier molecular flexibility index (Phi) is 7.57. The Morgan fingerprint density at radius 2 is 0.929 bits per heavy atom. The van der Waals surface area contributed by atoms with Crippen LogP contribution >= 0.6 is 11.3 Å². The summed E-state index contributed by atoms with van der Waals surface area (Å²) in [6.07, 6.45) is 0. The van der Waals surface area contributed by atoms with E-state index in [0.717, 1.165) is 81.3 Å². The van der Waals surface area contributed by atoms with Crippen LogP contribution in [0.4, 0.5) is 0 Å². The Hall–Kier alpha value is -7.35. The molecule has 0 aliphatic heterocycles. The fraction of sp³-hybridized carbons (Fsp3) is 0. The molecule has 0 unspecified atom stereocenters. The average molecular weight is 736 g/mol. The van der Waals surface area contributed by atoms with Crippen LogP contribution in [0.2, 0.25) is 0 Å². The fourth-order valence-corrected chi connectivity index (χ4v) is 8.56. The maximum absolute atomic E-state index is 6.54. The highest BCUT2D eigenvalue weighted by atomic mass is 32.1. The lowest BCUT2D eigenvalue weighted by Crippen LogP contribution is -2.00. The normalized spacial score (nSPS) is 11.6. The third kappa shape index (κ3) is 5.52. The molecule has 0 amide bonds. The molecule has 0 saturated heterocycles. The van der Waals surface area contributed by atoms with Crippen molar-refractivity contribution in [2.24, 2.45) is 0 Å². The second-order valence-electron chi connectivity index (χ2n) is 13.6. The lowest BCUT2D eigenvalue weighted by Gasteiger charge is -2.10. The van der Waals surface area contributed by atoms with E-state index in [1.807, 2.05) is 84.9 Å². The summed E-state index contributed by atoms with van der Waals surface area (Å²) in [6, 6.07) is 60.0. The van der Waals surface area contributed by atoms with Crippen molar-refractivity contribution in [1.82, 2.24) is 24.9 Å². The average Bonchev–Trinajstić information content (AvgIpc) is 3.85. The summed E-state index contributed by atoms with van der Waals surface area (Å²) in [5, 5.41) is 3.14. The summed E-state index contributed by atoms with van der Waals surface area (Å²) >= 11 is 1.76. The maximum Gasteiger partial charge on any atom is 0.180 e. The van der Waals surface area contributed by atoms with Gasteiger partial charge < -0.3 is 4.42 Å². The predicted molar refractivity (Wildman–Crippen MR) is 228 cm³/mol. The third-order valence-corrected chi connectivity index (χ3v) is 11.3. The number of aromatic nitrogens is 5. The topological polar surface area (TPSA) is 77.6 Å². The highest BCUT2D eigenvalue weighted by Gasteiger charge is 2.21. The fourth-order valence-electron chi connectivity index (χ4n) is 7.45. The van der Waals surface area contributed by atoms with Gasteiger partial charge in [0, 0.05) is 53.4 Å². The summed E-state index contributed by atoms with van der Waals surface area (Å²) in [4.78, 5) is 25.5. The first kappa shape index (κ1) is 32.1. The molecule has 56 heavy (non-hydrogen) atoms. The van der Waals surface area contributed by atoms with Crippen LogP contribution in [0, 0.1) is 0 Å². The van der Waals surface area contributed by atoms with Crippen LogP contribution in [0.25, 0.3) is 110 Å². The molecule has 0 N–H and O–H groups in total. The van der Waals surface area contributed by atoms with E-state index in [2.05, 4.69) is 91.0 Å². The van der Waals surface area contributed by atoms with Crippen molar-refractivity contribution in [3.05, 3.63) is 176 Å². The summed E-state index contributed by atoms with van der Waals surface area (Å²) < 4.78 is 8.84. The van der Waals surface area contributed by atoms with Gasteiger partial charge in [0.2, 0.25) is 0 Å². The van der Waals surface area contributed by atoms with E-state index in [0.29, 0.717) is 28.9 Å². The van der Waals surface area contributed by atoms with E-state index >= 15 is 0 Å². The van der Waals surface area contributed by atoms with E-state index in [9.17, 15) is 0 Å². The number of para-hydroxylation sites is 1. The molecule has 0 aliphatic carbocycles. The van der Waals surface area contributed by atoms with Gasteiger partial charge in [-0.2, -0.15) is 0 Å². The largest absolute Gasteiger partial charge is 0.452 e. The molecule has 0 spiro atoms. The van der Waals surface area contributed by atoms with E-state index in [4.69, 9.17) is 29.3 Å². The molecule has 11 rings (SSSR count). The molecule has 4 heterocycles. The van der Waals surface area contributed by atoms with Crippen LogP contribution in [0.15, 0.2) is 180 Å². The molecule has 0 radical (unpaired) electrons. The Labute approximate surface area is 325 Å². The van der Waals surface area contributed by atoms with E-state index in [1.165, 1.54) is 0 Å². The summed E-state index contributed by atoms with van der Waals surface area (Å²) in [5.41, 5.74) is 9.94. The third-order valence-electron chi connectivity index (χ3n) is 10.2. The van der Waals surface area contributed by atoms with Crippen LogP contribution < -0.4 is 0 Å². The molecule has 0 fully saturated rings. The zero-order valence-corrected chi connectivity index (χ0v) is 30.6. The van der Waals surface area contributed by atoms with Crippen molar-refractivity contribution < 1.29 is 4.42 Å². The zero-order chi connectivity index (χ0) is 37.0. The zero-order valence-electron chi connectivity index (χ0n) is 29.8. The standard InChI is InChI=1S/C49H29N5OS/c1-4-13-30(14-5-1)31-23-25-34(26-24-31)46-50-43(45-44(51-46)36-19-10-11-21-39(36)55-45)35-27-28-40-38(29-35)42-37(20-12-22-41(42)56-40)49-53-47(32-15-6-2-7-16-32)52-48(54-49)33-17-8-3-9-18-33/h1-29H. The van der Waals surface area contributed by atoms with Gasteiger partial charge in [0.15, 0.2) is 28.9 Å². The van der Waals surface area contributed by atoms with E-state index in [-0.39, 0.29) is 0 Å². The van der Waals surface area contributed by atoms with Crippen molar-refractivity contribution in [2.75, 3.05) is 0 Å². The van der Waals surface area contributed by atoms with Crippen LogP contribution in [0.3, 0.4) is 0 Å². The maximum atomic E-state index is 6.54. The number of rotatable bonds is 6. The Morgan fingerprint density at radius 3 is 1.64 bits per heavy atom. The van der Waals surface area contributed by atoms with Gasteiger partial charge in [-0.3, -0.25) is 0 Å². The van der Waals surface area contributed by atoms with Gasteiger partial charge in [-0.05, 0) is 41.5 Å². The Balaban J connectivity index is 1.11. The Morgan fingerprint density at radius 1 is 0.375 bits per heavy atom. The molecule has 262 valence electrons. The van der Waals surface area contributed by atoms with Crippen LogP contribution in [0.5, 0.6) is 0 Å². The molecule has 4 aromatic heterocycles. The van der Waals surface area contributed by atoms with Gasteiger partial charge in [0.1, 0.15) is 16.8 Å². The number of thiophene rings is 1. The second-order valence-corrected chi connectivity index (χ2v) is 14.7. The smallest absolute Gasteiger partial charge is 0.180 e. The molecule has 7 heteroatoms. The quantitative estimate of drug-likeness (QED) is 0.169. The molecule has 6 nitrogen and oxygen atoms in total. The minimum absolute atomic E-state index is 0.622. The Bertz CT molecular complexity index is 3180. The lowest BCUT2D eigenvalue weighted by atomic mass is 10.0. The SMILES string of the molecule is c1ccc(-c2ccc(-c3nc(-c4ccc5sc6cccc(-c7nc(-c8ccccc8)nc(-c8ccccc8)n7)c6c5c4)c4oc5ccccc5c4n3)cc2)cc1. The van der Waals surface area contributed by atoms with Gasteiger partial charge in [0.05, 0.1) is 0 Å². The number of hydrogen-bond acceptors (Lipinski definition) is 7. The number of hydrogen-bond donors (Lipinski definition) is 0. The van der Waals surface area contributed by atoms with Gasteiger partial charge in [-0.15, -0.1) is 11.3 Å². The first-order valence-corrected chi connectivity index (χ1v) is 19.2. The molecule has 0 atom stereocenters. The summed E-state index contributed by atoms with van der Waals surface area (Å²) in [6.45, 7) is 0. The molecule has 11 aromatic rings. The van der Waals surface area contributed by atoms with E-state index < -0.39 is 0 Å². The van der Waals surface area contributed by atoms with E-state index in [1.54, 1.807) is 11.3 Å². The number of benzene rings is 7. The van der Waals surface area contributed by atoms with Crippen molar-refractivity contribution >= 4 is 53.6 Å². The molecule has 0 saturated carbocycles. The first-order valence-electron chi connectivity index (χ1n) is 18.4. The minimum Gasteiger partial charge on any atom is -0.452 e. The highest BCUT2D eigenvalue weighted by Crippen LogP contribution is 2.43. The van der Waals surface area contributed by atoms with Gasteiger partial charge in [-0.25, -0.2) is 24.9 Å². The highest BCUT2D eigenvalue weighted by molar-refractivity contribution is 7.26. The van der Waals surface area contributed by atoms with Crippen molar-refractivity contribution in [3.63, 3.8) is 0 Å². The van der Waals surface area contributed by atoms with Crippen molar-refractivity contribution in [1.29, 1.82) is 0 Å². The number of furan rings is 1. The first-order chi connectivity index (χ1) is 27.7. The molecule has 0 bridgehead atoms. The molecule has 7 aromatic carbocycles. The van der Waals surface area contributed by atoms with Crippen LogP contribution in [-0.2, 0) is 0 Å². The van der Waals surface area contributed by atoms with Crippen LogP contribution in [-0.4, -0.2) is 24.9 Å². The lowest BCUT2D eigenvalue weighted by molar-refractivity contribution is 0.667. The predicted octanol–water partition coefficient (Wildman–Crippen LogP) is 12.9. The van der Waals surface area contributed by atoms with Gasteiger partial charge in [0.25, 0.3) is 0 Å². The summed E-state index contributed by atoms with van der Waals surface area (Å²) in [5.74, 6) is 2.52. The minimum atomic E-state index is 0.622. The van der Waals surface area contributed by atoms with Gasteiger partial charge >= 0.3 is 0 Å².